The van der Waals surface area contributed by atoms with E-state index in [9.17, 15) is 0 Å². The number of benzene rings is 1. The molecular formula is C50H93ClN4S. The standard InChI is InChI=1S/C15H28N2S.C12H24.C9H12ClN.C6H13N.C5H10.C3H6/c1-3-5-9-17-10-6-13(7-11-17)16-14-8-12-18-15(14)4-2;1-10-6-5-7-11(2)9-12(3,4)8-10;1-3-7-4-6(2)5-8(10)9(7)11;1-6-2-4-7-5-3-6;1-3-5-4-2;1-3-2/h13,16H,3-12H2,1-2H3;10-11H,5-9H2,1-4H3;4-5H,3,11H2,1-2H3;6-7H,2-5H2,1H3;3H,1,4-5H2,2H3;3H,1H2,2H3. The Morgan fingerprint density at radius 1 is 0.911 bits per heavy atom. The smallest absolute Gasteiger partial charge is 0.0640 e. The summed E-state index contributed by atoms with van der Waals surface area (Å²) in [4.78, 5) is 4.25. The van der Waals surface area contributed by atoms with Crippen LogP contribution in [0.4, 0.5) is 5.69 Å². The number of piperidine rings is 2. The van der Waals surface area contributed by atoms with Crippen LogP contribution in [0.3, 0.4) is 0 Å². The average Bonchev–Trinajstić information content (AvgIpc) is 3.61. The molecule has 1 aliphatic carbocycles. The topological polar surface area (TPSA) is 53.3 Å². The molecule has 5 rings (SSSR count). The molecule has 3 aliphatic heterocycles. The van der Waals surface area contributed by atoms with Gasteiger partial charge in [0.2, 0.25) is 0 Å². The third-order valence-electron chi connectivity index (χ3n) is 11.1. The fraction of sp³-hybridized carbons (Fsp3) is 0.760. The predicted molar refractivity (Wildman–Crippen MR) is 259 cm³/mol. The number of nitrogens with zero attached hydrogens (tertiary/aromatic N) is 1. The lowest BCUT2D eigenvalue weighted by molar-refractivity contribution is 0.184. The minimum Gasteiger partial charge on any atom is -0.397 e. The van der Waals surface area contributed by atoms with Crippen molar-refractivity contribution in [2.75, 3.05) is 44.2 Å². The van der Waals surface area contributed by atoms with Crippen molar-refractivity contribution in [2.45, 2.75) is 185 Å². The second-order valence-corrected chi connectivity index (χ2v) is 19.4. The number of aryl methyl sites for hydroxylation is 2. The van der Waals surface area contributed by atoms with Gasteiger partial charge in [0.05, 0.1) is 10.7 Å². The van der Waals surface area contributed by atoms with Gasteiger partial charge in [-0.2, -0.15) is 0 Å². The van der Waals surface area contributed by atoms with Gasteiger partial charge in [0.25, 0.3) is 0 Å². The molecule has 56 heavy (non-hydrogen) atoms. The molecule has 326 valence electrons. The first-order chi connectivity index (χ1) is 26.7. The highest BCUT2D eigenvalue weighted by atomic mass is 35.5. The monoisotopic (exact) mass is 817 g/mol. The SMILES string of the molecule is C=CC.C=CCCC.CC1CCCC(C)CC(C)(C)C1.CC1CCNCC1.CCCCN1CCC(NC2=C(CC)SCC2)CC1.CCc1cc(C)cc(Cl)c1N. The number of allylic oxidation sites excluding steroid dienone is 4. The lowest BCUT2D eigenvalue weighted by Crippen LogP contribution is -2.42. The van der Waals surface area contributed by atoms with Crippen molar-refractivity contribution in [3.63, 3.8) is 0 Å². The number of likely N-dealkylation sites (tertiary alicyclic amines) is 1. The van der Waals surface area contributed by atoms with Gasteiger partial charge in [-0.15, -0.1) is 24.9 Å². The van der Waals surface area contributed by atoms with Gasteiger partial charge in [-0.25, -0.2) is 0 Å². The van der Waals surface area contributed by atoms with Crippen LogP contribution in [0.25, 0.3) is 0 Å². The highest BCUT2D eigenvalue weighted by Gasteiger charge is 2.26. The number of thioether (sulfide) groups is 1. The fourth-order valence-corrected chi connectivity index (χ4v) is 9.56. The van der Waals surface area contributed by atoms with Crippen molar-refractivity contribution in [1.82, 2.24) is 15.5 Å². The number of hydrogen-bond donors (Lipinski definition) is 3. The third kappa shape index (κ3) is 26.6. The van der Waals surface area contributed by atoms with Gasteiger partial charge < -0.3 is 21.3 Å². The number of nitrogens with one attached hydrogen (secondary N) is 2. The fourth-order valence-electron chi connectivity index (χ4n) is 8.18. The summed E-state index contributed by atoms with van der Waals surface area (Å²) in [6, 6.07) is 4.69. The summed E-state index contributed by atoms with van der Waals surface area (Å²) in [5, 5.41) is 7.81. The minimum absolute atomic E-state index is 0.596. The maximum absolute atomic E-state index is 5.87. The van der Waals surface area contributed by atoms with Crippen molar-refractivity contribution in [1.29, 1.82) is 0 Å². The van der Waals surface area contributed by atoms with Crippen molar-refractivity contribution in [3.8, 4) is 0 Å². The summed E-state index contributed by atoms with van der Waals surface area (Å²) >= 11 is 7.93. The Balaban J connectivity index is 0.000000702. The van der Waals surface area contributed by atoms with E-state index >= 15 is 0 Å². The highest BCUT2D eigenvalue weighted by molar-refractivity contribution is 8.03. The Morgan fingerprint density at radius 2 is 1.50 bits per heavy atom. The molecule has 1 aromatic rings. The van der Waals surface area contributed by atoms with Crippen LogP contribution in [0.1, 0.15) is 177 Å². The quantitative estimate of drug-likeness (QED) is 0.171. The van der Waals surface area contributed by atoms with Gasteiger partial charge in [-0.3, -0.25) is 0 Å². The van der Waals surface area contributed by atoms with Crippen LogP contribution in [-0.2, 0) is 6.42 Å². The molecule has 0 amide bonds. The van der Waals surface area contributed by atoms with E-state index in [0.29, 0.717) is 10.4 Å². The Bertz CT molecular complexity index is 1150. The van der Waals surface area contributed by atoms with Crippen molar-refractivity contribution < 1.29 is 0 Å². The summed E-state index contributed by atoms with van der Waals surface area (Å²) in [6.45, 7) is 38.0. The zero-order valence-electron chi connectivity index (χ0n) is 38.9. The molecule has 0 spiro atoms. The van der Waals surface area contributed by atoms with Crippen LogP contribution >= 0.6 is 23.4 Å². The largest absolute Gasteiger partial charge is 0.397 e. The van der Waals surface area contributed by atoms with E-state index in [1.165, 1.54) is 134 Å². The Hall–Kier alpha value is -1.40. The maximum atomic E-state index is 5.87. The molecule has 1 saturated carbocycles. The lowest BCUT2D eigenvalue weighted by atomic mass is 9.72. The van der Waals surface area contributed by atoms with Crippen LogP contribution < -0.4 is 16.4 Å². The summed E-state index contributed by atoms with van der Waals surface area (Å²) in [5.74, 6) is 4.17. The molecule has 4 nitrogen and oxygen atoms in total. The third-order valence-corrected chi connectivity index (χ3v) is 12.7. The molecule has 4 N–H and O–H groups in total. The number of unbranched alkanes of at least 4 members (excludes halogenated alkanes) is 2. The van der Waals surface area contributed by atoms with E-state index in [0.717, 1.165) is 47.9 Å². The number of hydrogen-bond acceptors (Lipinski definition) is 5. The first-order valence-electron chi connectivity index (χ1n) is 23.0. The number of anilines is 1. The summed E-state index contributed by atoms with van der Waals surface area (Å²) < 4.78 is 0. The van der Waals surface area contributed by atoms with Gasteiger partial charge in [0.1, 0.15) is 0 Å². The molecule has 6 heteroatoms. The van der Waals surface area contributed by atoms with Gasteiger partial charge >= 0.3 is 0 Å². The Kier molecular flexibility index (Phi) is 32.6. The number of nitrogen functional groups attached to an aromatic ring is 1. The molecule has 2 atom stereocenters. The van der Waals surface area contributed by atoms with Crippen molar-refractivity contribution in [3.05, 3.63) is 64.2 Å². The Labute approximate surface area is 359 Å². The molecule has 2 unspecified atom stereocenters. The first kappa shape index (κ1) is 54.6. The van der Waals surface area contributed by atoms with Gasteiger partial charge in [-0.05, 0) is 144 Å². The molecule has 3 fully saturated rings. The highest BCUT2D eigenvalue weighted by Crippen LogP contribution is 2.38. The predicted octanol–water partition coefficient (Wildman–Crippen LogP) is 14.8. The Morgan fingerprint density at radius 3 is 1.95 bits per heavy atom. The van der Waals surface area contributed by atoms with Crippen LogP contribution in [-0.4, -0.2) is 49.4 Å². The van der Waals surface area contributed by atoms with Crippen LogP contribution in [0.15, 0.2) is 48.0 Å². The van der Waals surface area contributed by atoms with Crippen molar-refractivity contribution >= 4 is 29.1 Å². The maximum Gasteiger partial charge on any atom is 0.0640 e. The second kappa shape index (κ2) is 33.4. The molecule has 4 aliphatic rings. The van der Waals surface area contributed by atoms with Gasteiger partial charge in [0, 0.05) is 35.5 Å². The molecule has 1 aromatic carbocycles. The minimum atomic E-state index is 0.596. The van der Waals surface area contributed by atoms with Crippen LogP contribution in [0, 0.1) is 30.1 Å². The number of nitrogens with two attached hydrogens (primary N) is 1. The van der Waals surface area contributed by atoms with Crippen molar-refractivity contribution in [2.24, 2.45) is 23.2 Å². The van der Waals surface area contributed by atoms with Gasteiger partial charge in [-0.1, -0.05) is 124 Å². The molecule has 3 heterocycles. The average molecular weight is 818 g/mol. The van der Waals surface area contributed by atoms with Crippen LogP contribution in [0.5, 0.6) is 0 Å². The van der Waals surface area contributed by atoms with E-state index in [1.54, 1.807) is 16.7 Å². The summed E-state index contributed by atoms with van der Waals surface area (Å²) in [5.41, 5.74) is 10.9. The molecular weight excluding hydrogens is 724 g/mol. The van der Waals surface area contributed by atoms with Crippen LogP contribution in [0.2, 0.25) is 5.02 Å². The molecule has 2 saturated heterocycles. The zero-order chi connectivity index (χ0) is 42.4. The van der Waals surface area contributed by atoms with E-state index in [-0.39, 0.29) is 0 Å². The number of rotatable bonds is 9. The van der Waals surface area contributed by atoms with E-state index in [1.807, 2.05) is 26.0 Å². The summed E-state index contributed by atoms with van der Waals surface area (Å²) in [6.07, 6.45) is 24.8. The molecule has 0 bridgehead atoms. The van der Waals surface area contributed by atoms with Gasteiger partial charge in [0.15, 0.2) is 0 Å². The molecule has 0 aromatic heterocycles. The second-order valence-electron chi connectivity index (χ2n) is 17.8. The van der Waals surface area contributed by atoms with E-state index in [2.05, 4.69) is 109 Å². The zero-order valence-corrected chi connectivity index (χ0v) is 40.5. The number of halogens is 1. The van der Waals surface area contributed by atoms with E-state index in [4.69, 9.17) is 17.3 Å². The lowest BCUT2D eigenvalue weighted by Gasteiger charge is -2.33. The first-order valence-corrected chi connectivity index (χ1v) is 24.3. The normalized spacial score (nSPS) is 21.3. The summed E-state index contributed by atoms with van der Waals surface area (Å²) in [7, 11) is 0. The molecule has 0 radical (unpaired) electrons. The van der Waals surface area contributed by atoms with E-state index < -0.39 is 0 Å².